The van der Waals surface area contributed by atoms with Gasteiger partial charge in [0.25, 0.3) is 5.89 Å². The van der Waals surface area contributed by atoms with Crippen LogP contribution in [0.3, 0.4) is 0 Å². The van der Waals surface area contributed by atoms with Crippen molar-refractivity contribution in [3.63, 3.8) is 0 Å². The van der Waals surface area contributed by atoms with Crippen LogP contribution in [-0.2, 0) is 15.9 Å². The van der Waals surface area contributed by atoms with E-state index < -0.39 is 6.29 Å². The van der Waals surface area contributed by atoms with Gasteiger partial charge >= 0.3 is 0 Å². The van der Waals surface area contributed by atoms with Gasteiger partial charge in [0.1, 0.15) is 5.82 Å². The summed E-state index contributed by atoms with van der Waals surface area (Å²) in [6, 6.07) is 4.18. The maximum atomic E-state index is 13.0. The Morgan fingerprint density at radius 3 is 2.62 bits per heavy atom. The molecule has 0 N–H and O–H groups in total. The molecular formula is C14H16ClFN2O3. The van der Waals surface area contributed by atoms with Gasteiger partial charge in [0.2, 0.25) is 6.29 Å². The smallest absolute Gasteiger partial charge is 0.283 e. The number of rotatable bonds is 7. The molecule has 1 aromatic heterocycles. The molecule has 7 heteroatoms. The molecule has 21 heavy (non-hydrogen) atoms. The van der Waals surface area contributed by atoms with E-state index in [2.05, 4.69) is 10.1 Å². The Bertz CT molecular complexity index is 585. The van der Waals surface area contributed by atoms with Crippen LogP contribution in [0.1, 0.15) is 37.4 Å². The van der Waals surface area contributed by atoms with Crippen molar-refractivity contribution in [3.05, 3.63) is 46.3 Å². The van der Waals surface area contributed by atoms with Crippen molar-refractivity contribution in [1.29, 1.82) is 0 Å². The fourth-order valence-electron chi connectivity index (χ4n) is 1.76. The number of hydrogen-bond acceptors (Lipinski definition) is 5. The van der Waals surface area contributed by atoms with E-state index in [9.17, 15) is 4.39 Å². The van der Waals surface area contributed by atoms with Crippen LogP contribution < -0.4 is 0 Å². The first-order chi connectivity index (χ1) is 10.1. The number of ether oxygens (including phenoxy) is 2. The van der Waals surface area contributed by atoms with E-state index in [-0.39, 0.29) is 11.7 Å². The van der Waals surface area contributed by atoms with E-state index in [1.54, 1.807) is 6.07 Å². The molecule has 5 nitrogen and oxygen atoms in total. The molecule has 0 radical (unpaired) electrons. The topological polar surface area (TPSA) is 57.4 Å². The summed E-state index contributed by atoms with van der Waals surface area (Å²) < 4.78 is 28.9. The molecular weight excluding hydrogens is 299 g/mol. The Balaban J connectivity index is 2.11. The lowest BCUT2D eigenvalue weighted by Crippen LogP contribution is -2.09. The molecule has 0 saturated heterocycles. The van der Waals surface area contributed by atoms with Crippen molar-refractivity contribution in [2.24, 2.45) is 0 Å². The maximum Gasteiger partial charge on any atom is 0.283 e. The Morgan fingerprint density at radius 2 is 2.00 bits per heavy atom. The monoisotopic (exact) mass is 314 g/mol. The molecule has 0 bridgehead atoms. The Morgan fingerprint density at radius 1 is 1.29 bits per heavy atom. The molecule has 0 spiro atoms. The molecule has 1 aromatic carbocycles. The van der Waals surface area contributed by atoms with Crippen LogP contribution in [0, 0.1) is 5.82 Å². The zero-order valence-corrected chi connectivity index (χ0v) is 12.6. The second-order valence-electron chi connectivity index (χ2n) is 4.20. The first-order valence-corrected chi connectivity index (χ1v) is 7.01. The second-order valence-corrected chi connectivity index (χ2v) is 4.61. The maximum absolute atomic E-state index is 13.0. The lowest BCUT2D eigenvalue weighted by molar-refractivity contribution is -0.155. The number of halogens is 2. The third-order valence-electron chi connectivity index (χ3n) is 2.69. The molecule has 2 rings (SSSR count). The van der Waals surface area contributed by atoms with E-state index in [4.69, 9.17) is 25.6 Å². The summed E-state index contributed by atoms with van der Waals surface area (Å²) >= 11 is 5.97. The molecule has 0 unspecified atom stereocenters. The molecule has 0 saturated carbocycles. The number of hydrogen-bond donors (Lipinski definition) is 0. The second kappa shape index (κ2) is 7.49. The number of benzene rings is 1. The van der Waals surface area contributed by atoms with Gasteiger partial charge in [-0.15, -0.1) is 0 Å². The van der Waals surface area contributed by atoms with Crippen LogP contribution in [-0.4, -0.2) is 23.4 Å². The first kappa shape index (κ1) is 15.9. The number of nitrogens with zero attached hydrogens (tertiary/aromatic N) is 2. The van der Waals surface area contributed by atoms with E-state index in [0.717, 1.165) is 5.56 Å². The van der Waals surface area contributed by atoms with E-state index in [0.29, 0.717) is 30.5 Å². The van der Waals surface area contributed by atoms with Crippen molar-refractivity contribution in [2.75, 3.05) is 13.2 Å². The largest absolute Gasteiger partial charge is 0.345 e. The summed E-state index contributed by atoms with van der Waals surface area (Å²) in [6.45, 7) is 4.63. The van der Waals surface area contributed by atoms with Gasteiger partial charge in [0, 0.05) is 24.7 Å². The summed E-state index contributed by atoms with van der Waals surface area (Å²) in [6.07, 6.45) is -0.335. The van der Waals surface area contributed by atoms with Gasteiger partial charge < -0.3 is 14.0 Å². The minimum atomic E-state index is -0.676. The van der Waals surface area contributed by atoms with E-state index in [1.165, 1.54) is 12.1 Å². The molecule has 0 aliphatic carbocycles. The molecule has 0 fully saturated rings. The van der Waals surface area contributed by atoms with Crippen molar-refractivity contribution in [1.82, 2.24) is 10.1 Å². The minimum absolute atomic E-state index is 0.256. The third kappa shape index (κ3) is 4.23. The summed E-state index contributed by atoms with van der Waals surface area (Å²) in [5.74, 6) is 0.306. The highest BCUT2D eigenvalue weighted by Gasteiger charge is 2.20. The van der Waals surface area contributed by atoms with Crippen LogP contribution in [0.15, 0.2) is 22.7 Å². The highest BCUT2D eigenvalue weighted by Crippen LogP contribution is 2.21. The molecule has 0 aliphatic heterocycles. The lowest BCUT2D eigenvalue weighted by Gasteiger charge is -2.11. The summed E-state index contributed by atoms with van der Waals surface area (Å²) in [5, 5.41) is 4.19. The molecule has 0 amide bonds. The van der Waals surface area contributed by atoms with Gasteiger partial charge in [0.15, 0.2) is 5.82 Å². The summed E-state index contributed by atoms with van der Waals surface area (Å²) in [7, 11) is 0. The Hall–Kier alpha value is -1.50. The molecule has 114 valence electrons. The Labute approximate surface area is 127 Å². The predicted octanol–water partition coefficient (Wildman–Crippen LogP) is 3.52. The first-order valence-electron chi connectivity index (χ1n) is 6.63. The van der Waals surface area contributed by atoms with Gasteiger partial charge in [-0.25, -0.2) is 4.39 Å². The van der Waals surface area contributed by atoms with Crippen molar-refractivity contribution < 1.29 is 18.4 Å². The SMILES string of the molecule is CCOC(OCC)c1nc(Cc2ccc(F)cc2Cl)no1. The van der Waals surface area contributed by atoms with Crippen LogP contribution in [0.4, 0.5) is 4.39 Å². The fraction of sp³-hybridized carbons (Fsp3) is 0.429. The predicted molar refractivity (Wildman–Crippen MR) is 74.5 cm³/mol. The van der Waals surface area contributed by atoms with Gasteiger partial charge in [-0.1, -0.05) is 22.8 Å². The van der Waals surface area contributed by atoms with E-state index >= 15 is 0 Å². The van der Waals surface area contributed by atoms with Crippen molar-refractivity contribution in [3.8, 4) is 0 Å². The zero-order valence-electron chi connectivity index (χ0n) is 11.8. The molecule has 1 heterocycles. The highest BCUT2D eigenvalue weighted by atomic mass is 35.5. The van der Waals surface area contributed by atoms with Crippen LogP contribution in [0.25, 0.3) is 0 Å². The lowest BCUT2D eigenvalue weighted by atomic mass is 10.1. The summed E-state index contributed by atoms with van der Waals surface area (Å²) in [4.78, 5) is 4.23. The van der Waals surface area contributed by atoms with Crippen LogP contribution in [0.5, 0.6) is 0 Å². The summed E-state index contributed by atoms with van der Waals surface area (Å²) in [5.41, 5.74) is 0.717. The zero-order chi connectivity index (χ0) is 15.2. The highest BCUT2D eigenvalue weighted by molar-refractivity contribution is 6.31. The van der Waals surface area contributed by atoms with Gasteiger partial charge in [0.05, 0.1) is 0 Å². The minimum Gasteiger partial charge on any atom is -0.345 e. The molecule has 2 aromatic rings. The van der Waals surface area contributed by atoms with Crippen molar-refractivity contribution >= 4 is 11.6 Å². The number of aromatic nitrogens is 2. The van der Waals surface area contributed by atoms with Crippen LogP contribution >= 0.6 is 11.6 Å². The normalized spacial score (nSPS) is 11.3. The van der Waals surface area contributed by atoms with Gasteiger partial charge in [-0.3, -0.25) is 0 Å². The fourth-order valence-corrected chi connectivity index (χ4v) is 2.00. The average Bonchev–Trinajstić information content (AvgIpc) is 2.90. The van der Waals surface area contributed by atoms with Gasteiger partial charge in [-0.2, -0.15) is 4.98 Å². The molecule has 0 atom stereocenters. The standard InChI is InChI=1S/C14H16ClFN2O3/c1-3-19-14(20-4-2)13-17-12(18-21-13)7-9-5-6-10(16)8-11(9)15/h5-6,8,14H,3-4,7H2,1-2H3. The third-order valence-corrected chi connectivity index (χ3v) is 3.04. The van der Waals surface area contributed by atoms with Crippen molar-refractivity contribution in [2.45, 2.75) is 26.6 Å². The average molecular weight is 315 g/mol. The Kier molecular flexibility index (Phi) is 5.67. The van der Waals surface area contributed by atoms with E-state index in [1.807, 2.05) is 13.8 Å². The van der Waals surface area contributed by atoms with Gasteiger partial charge in [-0.05, 0) is 31.5 Å². The van der Waals surface area contributed by atoms with Crippen LogP contribution in [0.2, 0.25) is 5.02 Å². The quantitative estimate of drug-likeness (QED) is 0.732. The molecule has 0 aliphatic rings.